The third kappa shape index (κ3) is 3.85. The number of anilines is 1. The molecule has 1 N–H and O–H groups in total. The minimum absolute atomic E-state index is 0.0617. The average Bonchev–Trinajstić information content (AvgIpc) is 2.72. The summed E-state index contributed by atoms with van der Waals surface area (Å²) in [7, 11) is 2.40. The number of nitrogens with one attached hydrogen (secondary N) is 1. The van der Waals surface area contributed by atoms with Crippen molar-refractivity contribution in [2.75, 3.05) is 19.5 Å². The fraction of sp³-hybridized carbons (Fsp3) is 0.200. The maximum atomic E-state index is 12.6. The van der Waals surface area contributed by atoms with Gasteiger partial charge in [-0.3, -0.25) is 4.79 Å². The molecule has 0 fully saturated rings. The van der Waals surface area contributed by atoms with Gasteiger partial charge in [-0.15, -0.1) is 0 Å². The molecule has 28 heavy (non-hydrogen) atoms. The van der Waals surface area contributed by atoms with Crippen molar-refractivity contribution in [3.63, 3.8) is 0 Å². The van der Waals surface area contributed by atoms with Crippen LogP contribution in [0.15, 0.2) is 42.5 Å². The van der Waals surface area contributed by atoms with E-state index in [1.54, 1.807) is 24.3 Å². The number of hydrogen-bond donors (Lipinski definition) is 1. The van der Waals surface area contributed by atoms with Crippen molar-refractivity contribution in [3.05, 3.63) is 64.7 Å². The van der Waals surface area contributed by atoms with Gasteiger partial charge in [-0.05, 0) is 29.8 Å². The first kappa shape index (κ1) is 19.1. The summed E-state index contributed by atoms with van der Waals surface area (Å²) >= 11 is 0. The molecular formula is C20H17NO7. The van der Waals surface area contributed by atoms with Gasteiger partial charge in [0.2, 0.25) is 0 Å². The average molecular weight is 383 g/mol. The molecule has 1 aliphatic rings. The van der Waals surface area contributed by atoms with E-state index in [0.29, 0.717) is 11.1 Å². The van der Waals surface area contributed by atoms with E-state index >= 15 is 0 Å². The van der Waals surface area contributed by atoms with E-state index in [-0.39, 0.29) is 23.2 Å². The molecule has 2 aromatic carbocycles. The summed E-state index contributed by atoms with van der Waals surface area (Å²) in [5.74, 6) is -2.53. The molecular weight excluding hydrogens is 366 g/mol. The van der Waals surface area contributed by atoms with Gasteiger partial charge in [0.1, 0.15) is 0 Å². The maximum absolute atomic E-state index is 12.6. The van der Waals surface area contributed by atoms with Crippen molar-refractivity contribution in [2.45, 2.75) is 12.5 Å². The molecule has 0 bridgehead atoms. The lowest BCUT2D eigenvalue weighted by molar-refractivity contribution is -0.125. The number of methoxy groups -OCH3 is 2. The molecule has 0 unspecified atom stereocenters. The first-order chi connectivity index (χ1) is 13.4. The Morgan fingerprint density at radius 3 is 2.21 bits per heavy atom. The zero-order valence-corrected chi connectivity index (χ0v) is 15.2. The van der Waals surface area contributed by atoms with Gasteiger partial charge in [0.25, 0.3) is 5.91 Å². The Balaban J connectivity index is 1.85. The Hall–Kier alpha value is -3.68. The van der Waals surface area contributed by atoms with Crippen molar-refractivity contribution in [3.8, 4) is 0 Å². The highest BCUT2D eigenvalue weighted by molar-refractivity contribution is 6.02. The van der Waals surface area contributed by atoms with E-state index in [2.05, 4.69) is 14.8 Å². The number of rotatable bonds is 4. The van der Waals surface area contributed by atoms with Crippen LogP contribution in [0.3, 0.4) is 0 Å². The molecule has 0 saturated carbocycles. The minimum atomic E-state index is -1.04. The van der Waals surface area contributed by atoms with Crippen LogP contribution in [0.1, 0.15) is 36.6 Å². The van der Waals surface area contributed by atoms with Gasteiger partial charge in [-0.2, -0.15) is 0 Å². The standard InChI is InChI=1S/C20H17NO7/c1-26-18(23)12-7-13(19(24)27-2)9-14(8-12)21-17(22)16-10-11-5-3-4-6-15(11)20(25)28-16/h3-9,16H,10H2,1-2H3,(H,21,22)/t16-/m1/s1. The van der Waals surface area contributed by atoms with Crippen LogP contribution in [-0.4, -0.2) is 44.1 Å². The number of carbonyl (C=O) groups excluding carboxylic acids is 4. The molecule has 2 aromatic rings. The third-order valence-electron chi connectivity index (χ3n) is 4.23. The van der Waals surface area contributed by atoms with Crippen LogP contribution in [0.25, 0.3) is 0 Å². The van der Waals surface area contributed by atoms with E-state index in [4.69, 9.17) is 4.74 Å². The second kappa shape index (κ2) is 7.91. The summed E-state index contributed by atoms with van der Waals surface area (Å²) in [6, 6.07) is 10.9. The van der Waals surface area contributed by atoms with Gasteiger partial charge in [0.15, 0.2) is 6.10 Å². The Morgan fingerprint density at radius 2 is 1.61 bits per heavy atom. The van der Waals surface area contributed by atoms with Crippen molar-refractivity contribution < 1.29 is 33.4 Å². The van der Waals surface area contributed by atoms with Gasteiger partial charge in [0.05, 0.1) is 30.9 Å². The van der Waals surface area contributed by atoms with Crippen LogP contribution in [0.4, 0.5) is 5.69 Å². The number of amides is 1. The largest absolute Gasteiger partial charge is 0.465 e. The first-order valence-corrected chi connectivity index (χ1v) is 8.34. The molecule has 1 amide bonds. The van der Waals surface area contributed by atoms with Crippen molar-refractivity contribution >= 4 is 29.5 Å². The Labute approximate surface area is 160 Å². The molecule has 1 heterocycles. The van der Waals surface area contributed by atoms with Crippen molar-refractivity contribution in [2.24, 2.45) is 0 Å². The smallest absolute Gasteiger partial charge is 0.339 e. The summed E-state index contributed by atoms with van der Waals surface area (Å²) < 4.78 is 14.5. The van der Waals surface area contributed by atoms with Gasteiger partial charge in [-0.25, -0.2) is 14.4 Å². The summed E-state index contributed by atoms with van der Waals surface area (Å²) in [5, 5.41) is 2.57. The maximum Gasteiger partial charge on any atom is 0.339 e. The predicted octanol–water partition coefficient (Wildman–Crippen LogP) is 1.98. The topological polar surface area (TPSA) is 108 Å². The lowest BCUT2D eigenvalue weighted by Gasteiger charge is -2.23. The highest BCUT2D eigenvalue weighted by atomic mass is 16.5. The number of fused-ring (bicyclic) bond motifs is 1. The first-order valence-electron chi connectivity index (χ1n) is 8.34. The van der Waals surface area contributed by atoms with Crippen LogP contribution in [-0.2, 0) is 25.4 Å². The molecule has 8 heteroatoms. The highest BCUT2D eigenvalue weighted by Crippen LogP contribution is 2.22. The van der Waals surface area contributed by atoms with Crippen LogP contribution in [0, 0.1) is 0 Å². The second-order valence-electron chi connectivity index (χ2n) is 6.03. The summed E-state index contributed by atoms with van der Waals surface area (Å²) in [5.41, 5.74) is 1.42. The quantitative estimate of drug-likeness (QED) is 0.635. The van der Waals surface area contributed by atoms with Gasteiger partial charge >= 0.3 is 17.9 Å². The molecule has 8 nitrogen and oxygen atoms in total. The number of hydrogen-bond acceptors (Lipinski definition) is 7. The number of ether oxygens (including phenoxy) is 3. The molecule has 1 aliphatic heterocycles. The molecule has 0 aromatic heterocycles. The fourth-order valence-electron chi connectivity index (χ4n) is 2.87. The fourth-order valence-corrected chi connectivity index (χ4v) is 2.87. The van der Waals surface area contributed by atoms with E-state index in [0.717, 1.165) is 0 Å². The number of cyclic esters (lactones) is 1. The summed E-state index contributed by atoms with van der Waals surface area (Å²) in [6.45, 7) is 0. The minimum Gasteiger partial charge on any atom is -0.465 e. The summed E-state index contributed by atoms with van der Waals surface area (Å²) in [4.78, 5) is 48.4. The van der Waals surface area contributed by atoms with Crippen LogP contribution in [0.2, 0.25) is 0 Å². The van der Waals surface area contributed by atoms with Crippen LogP contribution in [0.5, 0.6) is 0 Å². The zero-order chi connectivity index (χ0) is 20.3. The van der Waals surface area contributed by atoms with E-state index in [1.807, 2.05) is 0 Å². The Kier molecular flexibility index (Phi) is 5.39. The number of benzene rings is 2. The third-order valence-corrected chi connectivity index (χ3v) is 4.23. The number of carbonyl (C=O) groups is 4. The Bertz CT molecular complexity index is 933. The number of esters is 3. The molecule has 144 valence electrons. The van der Waals surface area contributed by atoms with E-state index in [9.17, 15) is 19.2 Å². The molecule has 0 aliphatic carbocycles. The van der Waals surface area contributed by atoms with Crippen molar-refractivity contribution in [1.29, 1.82) is 0 Å². The molecule has 0 saturated heterocycles. The van der Waals surface area contributed by atoms with E-state index in [1.165, 1.54) is 32.4 Å². The van der Waals surface area contributed by atoms with Gasteiger partial charge in [0, 0.05) is 12.1 Å². The highest BCUT2D eigenvalue weighted by Gasteiger charge is 2.31. The van der Waals surface area contributed by atoms with Gasteiger partial charge in [-0.1, -0.05) is 18.2 Å². The lowest BCUT2D eigenvalue weighted by atomic mass is 9.98. The summed E-state index contributed by atoms with van der Waals surface area (Å²) in [6.07, 6.45) is -0.820. The normalized spacial score (nSPS) is 15.1. The second-order valence-corrected chi connectivity index (χ2v) is 6.03. The monoisotopic (exact) mass is 383 g/mol. The lowest BCUT2D eigenvalue weighted by Crippen LogP contribution is -2.38. The molecule has 3 rings (SSSR count). The molecule has 0 spiro atoms. The SMILES string of the molecule is COC(=O)c1cc(NC(=O)[C@H]2Cc3ccccc3C(=O)O2)cc(C(=O)OC)c1. The predicted molar refractivity (Wildman–Crippen MR) is 97.1 cm³/mol. The van der Waals surface area contributed by atoms with Crippen molar-refractivity contribution in [1.82, 2.24) is 0 Å². The molecule has 1 atom stereocenters. The van der Waals surface area contributed by atoms with Gasteiger partial charge < -0.3 is 19.5 Å². The van der Waals surface area contributed by atoms with E-state index < -0.39 is 29.9 Å². The van der Waals surface area contributed by atoms with Crippen LogP contribution < -0.4 is 5.32 Å². The van der Waals surface area contributed by atoms with Crippen LogP contribution >= 0.6 is 0 Å². The Morgan fingerprint density at radius 1 is 1.00 bits per heavy atom. The molecule has 0 radical (unpaired) electrons. The zero-order valence-electron chi connectivity index (χ0n) is 15.2.